The summed E-state index contributed by atoms with van der Waals surface area (Å²) < 4.78 is 11.8. The van der Waals surface area contributed by atoms with Crippen molar-refractivity contribution in [1.82, 2.24) is 20.3 Å². The van der Waals surface area contributed by atoms with Crippen molar-refractivity contribution in [3.8, 4) is 5.75 Å². The van der Waals surface area contributed by atoms with Gasteiger partial charge in [0.2, 0.25) is 0 Å². The Bertz CT molecular complexity index is 962. The van der Waals surface area contributed by atoms with E-state index in [1.54, 1.807) is 0 Å². The van der Waals surface area contributed by atoms with Crippen LogP contribution >= 0.6 is 0 Å². The van der Waals surface area contributed by atoms with Crippen LogP contribution in [0.5, 0.6) is 5.75 Å². The average molecular weight is 383 g/mol. The summed E-state index contributed by atoms with van der Waals surface area (Å²) in [6.45, 7) is 7.23. The largest absolute Gasteiger partial charge is 0.490 e. The first-order valence-electron chi connectivity index (χ1n) is 10.2. The Kier molecular flexibility index (Phi) is 5.64. The van der Waals surface area contributed by atoms with Crippen LogP contribution in [0.25, 0.3) is 21.9 Å². The predicted molar refractivity (Wildman–Crippen MR) is 112 cm³/mol. The molecule has 3 heterocycles. The lowest BCUT2D eigenvalue weighted by molar-refractivity contribution is 0.129. The summed E-state index contributed by atoms with van der Waals surface area (Å²) in [6.07, 6.45) is 4.27. The second-order valence-corrected chi connectivity index (χ2v) is 7.34. The number of piperidine rings is 1. The number of imidazole rings is 1. The van der Waals surface area contributed by atoms with Crippen LogP contribution < -0.4 is 15.8 Å². The van der Waals surface area contributed by atoms with Crippen molar-refractivity contribution in [2.45, 2.75) is 52.2 Å². The van der Waals surface area contributed by atoms with Gasteiger partial charge in [-0.25, -0.2) is 9.97 Å². The maximum atomic E-state index is 6.29. The van der Waals surface area contributed by atoms with Crippen molar-refractivity contribution < 1.29 is 9.47 Å². The Morgan fingerprint density at radius 3 is 2.75 bits per heavy atom. The predicted octanol–water partition coefficient (Wildman–Crippen LogP) is 3.31. The van der Waals surface area contributed by atoms with E-state index < -0.39 is 0 Å². The van der Waals surface area contributed by atoms with Gasteiger partial charge in [0.25, 0.3) is 0 Å². The number of rotatable bonds is 7. The van der Waals surface area contributed by atoms with Gasteiger partial charge in [-0.05, 0) is 50.9 Å². The Labute approximate surface area is 165 Å². The lowest BCUT2D eigenvalue weighted by Gasteiger charge is -2.24. The quantitative estimate of drug-likeness (QED) is 0.579. The summed E-state index contributed by atoms with van der Waals surface area (Å²) in [5, 5.41) is 4.43. The van der Waals surface area contributed by atoms with E-state index in [0.717, 1.165) is 72.3 Å². The molecule has 0 aliphatic carbocycles. The fourth-order valence-corrected chi connectivity index (χ4v) is 3.90. The number of nitrogens with one attached hydrogen (secondary N) is 2. The standard InChI is InChI=1S/C21H29N5O2/c1-3-5-13-10-15(28-14-6-8-23-9-7-14)11-16-18(13)19-20(21(22)24-16)26-17(25-19)12-27-4-2/h10-11,14,23H,3-9,12H2,1-2H3,(H2,22,24)(H,25,26). The van der Waals surface area contributed by atoms with Crippen LogP contribution in [0.4, 0.5) is 5.82 Å². The number of hydrogen-bond acceptors (Lipinski definition) is 6. The normalized spacial score (nSPS) is 15.5. The highest BCUT2D eigenvalue weighted by Gasteiger charge is 2.19. The third-order valence-corrected chi connectivity index (χ3v) is 5.21. The Morgan fingerprint density at radius 2 is 2.00 bits per heavy atom. The molecule has 7 heteroatoms. The molecule has 0 unspecified atom stereocenters. The number of anilines is 1. The third-order valence-electron chi connectivity index (χ3n) is 5.21. The summed E-state index contributed by atoms with van der Waals surface area (Å²) in [5.41, 5.74) is 9.95. The molecule has 3 aromatic rings. The highest BCUT2D eigenvalue weighted by atomic mass is 16.5. The molecule has 1 aliphatic heterocycles. The fourth-order valence-electron chi connectivity index (χ4n) is 3.90. The topological polar surface area (TPSA) is 98.1 Å². The highest BCUT2D eigenvalue weighted by molar-refractivity contribution is 6.08. The second kappa shape index (κ2) is 8.32. The van der Waals surface area contributed by atoms with Gasteiger partial charge in [-0.15, -0.1) is 0 Å². The zero-order valence-corrected chi connectivity index (χ0v) is 16.7. The van der Waals surface area contributed by atoms with E-state index in [0.29, 0.717) is 19.0 Å². The molecule has 7 nitrogen and oxygen atoms in total. The molecule has 0 spiro atoms. The van der Waals surface area contributed by atoms with E-state index in [1.165, 1.54) is 5.56 Å². The van der Waals surface area contributed by atoms with Crippen LogP contribution in [0.1, 0.15) is 44.5 Å². The van der Waals surface area contributed by atoms with Crippen LogP contribution in [0.2, 0.25) is 0 Å². The summed E-state index contributed by atoms with van der Waals surface area (Å²) in [4.78, 5) is 12.7. The van der Waals surface area contributed by atoms with Crippen molar-refractivity contribution >= 4 is 27.8 Å². The average Bonchev–Trinajstić information content (AvgIpc) is 3.12. The van der Waals surface area contributed by atoms with Crippen LogP contribution in [-0.4, -0.2) is 40.8 Å². The second-order valence-electron chi connectivity index (χ2n) is 7.34. The zero-order valence-electron chi connectivity index (χ0n) is 16.7. The van der Waals surface area contributed by atoms with Crippen LogP contribution in [-0.2, 0) is 17.8 Å². The lowest BCUT2D eigenvalue weighted by Crippen LogP contribution is -2.34. The van der Waals surface area contributed by atoms with Gasteiger partial charge in [-0.3, -0.25) is 0 Å². The minimum atomic E-state index is 0.248. The number of ether oxygens (including phenoxy) is 2. The SMILES string of the molecule is CCCc1cc(OC2CCNCC2)cc2nc(N)c3[nH]c(COCC)nc3c12. The third kappa shape index (κ3) is 3.77. The molecule has 0 bridgehead atoms. The number of nitrogens with two attached hydrogens (primary N) is 1. The number of pyridine rings is 1. The number of nitrogens with zero attached hydrogens (tertiary/aromatic N) is 2. The lowest BCUT2D eigenvalue weighted by atomic mass is 10.0. The smallest absolute Gasteiger partial charge is 0.150 e. The Balaban J connectivity index is 1.80. The van der Waals surface area contributed by atoms with Crippen LogP contribution in [0.15, 0.2) is 12.1 Å². The molecule has 1 fully saturated rings. The summed E-state index contributed by atoms with van der Waals surface area (Å²) >= 11 is 0. The molecular weight excluding hydrogens is 354 g/mol. The van der Waals surface area contributed by atoms with Gasteiger partial charge in [-0.2, -0.15) is 0 Å². The fraction of sp³-hybridized carbons (Fsp3) is 0.524. The molecule has 28 heavy (non-hydrogen) atoms. The van der Waals surface area contributed by atoms with Gasteiger partial charge in [0, 0.05) is 18.1 Å². The number of aryl methyl sites for hydroxylation is 1. The van der Waals surface area contributed by atoms with Gasteiger partial charge in [0.05, 0.1) is 5.52 Å². The monoisotopic (exact) mass is 383 g/mol. The van der Waals surface area contributed by atoms with E-state index in [4.69, 9.17) is 20.2 Å². The number of H-pyrrole nitrogens is 1. The minimum absolute atomic E-state index is 0.248. The summed E-state index contributed by atoms with van der Waals surface area (Å²) in [5.74, 6) is 2.11. The Hall–Kier alpha value is -2.38. The number of aromatic nitrogens is 3. The molecule has 1 aromatic carbocycles. The maximum absolute atomic E-state index is 6.29. The molecule has 0 saturated carbocycles. The number of benzene rings is 1. The van der Waals surface area contributed by atoms with Gasteiger partial charge in [0.15, 0.2) is 0 Å². The number of hydrogen-bond donors (Lipinski definition) is 3. The van der Waals surface area contributed by atoms with Crippen molar-refractivity contribution in [1.29, 1.82) is 0 Å². The maximum Gasteiger partial charge on any atom is 0.150 e. The number of fused-ring (bicyclic) bond motifs is 3. The molecule has 0 radical (unpaired) electrons. The van der Waals surface area contributed by atoms with Crippen molar-refractivity contribution in [3.63, 3.8) is 0 Å². The van der Waals surface area contributed by atoms with E-state index in [-0.39, 0.29) is 6.10 Å². The Morgan fingerprint density at radius 1 is 1.18 bits per heavy atom. The molecule has 4 rings (SSSR count). The van der Waals surface area contributed by atoms with Gasteiger partial charge < -0.3 is 25.5 Å². The van der Waals surface area contributed by atoms with Crippen LogP contribution in [0, 0.1) is 0 Å². The summed E-state index contributed by atoms with van der Waals surface area (Å²) in [6, 6.07) is 4.16. The number of nitrogen functional groups attached to an aromatic ring is 1. The first kappa shape index (κ1) is 19.0. The molecule has 1 aliphatic rings. The van der Waals surface area contributed by atoms with Gasteiger partial charge >= 0.3 is 0 Å². The van der Waals surface area contributed by atoms with Crippen molar-refractivity contribution in [3.05, 3.63) is 23.5 Å². The highest BCUT2D eigenvalue weighted by Crippen LogP contribution is 2.33. The molecule has 0 atom stereocenters. The first-order valence-corrected chi connectivity index (χ1v) is 10.2. The number of aromatic amines is 1. The van der Waals surface area contributed by atoms with Crippen molar-refractivity contribution in [2.24, 2.45) is 0 Å². The van der Waals surface area contributed by atoms with E-state index in [2.05, 4.69) is 28.3 Å². The van der Waals surface area contributed by atoms with E-state index in [1.807, 2.05) is 13.0 Å². The molecule has 4 N–H and O–H groups in total. The molecule has 150 valence electrons. The molecular formula is C21H29N5O2. The minimum Gasteiger partial charge on any atom is -0.490 e. The summed E-state index contributed by atoms with van der Waals surface area (Å²) in [7, 11) is 0. The zero-order chi connectivity index (χ0) is 19.5. The van der Waals surface area contributed by atoms with E-state index >= 15 is 0 Å². The molecule has 0 amide bonds. The van der Waals surface area contributed by atoms with Crippen molar-refractivity contribution in [2.75, 3.05) is 25.4 Å². The first-order chi connectivity index (χ1) is 13.7. The van der Waals surface area contributed by atoms with Gasteiger partial charge in [-0.1, -0.05) is 13.3 Å². The van der Waals surface area contributed by atoms with Crippen LogP contribution in [0.3, 0.4) is 0 Å². The molecule has 2 aromatic heterocycles. The molecule has 1 saturated heterocycles. The van der Waals surface area contributed by atoms with E-state index in [9.17, 15) is 0 Å². The van der Waals surface area contributed by atoms with Gasteiger partial charge in [0.1, 0.15) is 41.1 Å².